The number of carboxylic acid groups (broad SMARTS) is 1. The van der Waals surface area contributed by atoms with E-state index >= 15 is 0 Å². The Morgan fingerprint density at radius 2 is 2.29 bits per heavy atom. The molecule has 1 aromatic heterocycles. The molecule has 0 aliphatic rings. The summed E-state index contributed by atoms with van der Waals surface area (Å²) in [7, 11) is 0. The highest BCUT2D eigenvalue weighted by atomic mass is 16.4. The maximum atomic E-state index is 10.4. The first-order valence-electron chi connectivity index (χ1n) is 4.54. The molecule has 0 saturated heterocycles. The smallest absolute Gasteiger partial charge is 0.304 e. The van der Waals surface area contributed by atoms with E-state index in [0.29, 0.717) is 0 Å². The Balaban J connectivity index is 2.65. The molecule has 1 heterocycles. The summed E-state index contributed by atoms with van der Waals surface area (Å²) in [6.45, 7) is 3.71. The van der Waals surface area contributed by atoms with Crippen LogP contribution in [0.5, 0.6) is 0 Å². The number of hydrogen-bond donors (Lipinski definition) is 2. The van der Waals surface area contributed by atoms with Gasteiger partial charge < -0.3 is 15.3 Å². The van der Waals surface area contributed by atoms with Gasteiger partial charge >= 0.3 is 5.97 Å². The summed E-state index contributed by atoms with van der Waals surface area (Å²) in [6.07, 6.45) is -0.0408. The van der Waals surface area contributed by atoms with E-state index in [-0.39, 0.29) is 12.3 Å². The third-order valence-electron chi connectivity index (χ3n) is 2.26. The molecular formula is C10H15NO3. The average molecular weight is 197 g/mol. The van der Waals surface area contributed by atoms with Crippen LogP contribution in [-0.4, -0.2) is 17.1 Å². The van der Waals surface area contributed by atoms with Crippen LogP contribution in [0, 0.1) is 6.92 Å². The lowest BCUT2D eigenvalue weighted by Gasteiger charge is -2.15. The molecule has 0 aliphatic heterocycles. The fourth-order valence-corrected chi connectivity index (χ4v) is 1.29. The van der Waals surface area contributed by atoms with Crippen molar-refractivity contribution in [2.24, 2.45) is 5.73 Å². The third-order valence-corrected chi connectivity index (χ3v) is 2.26. The van der Waals surface area contributed by atoms with Crippen molar-refractivity contribution in [3.05, 3.63) is 23.7 Å². The van der Waals surface area contributed by atoms with Gasteiger partial charge in [-0.05, 0) is 19.1 Å². The number of aliphatic carboxylic acids is 1. The molecule has 4 nitrogen and oxygen atoms in total. The minimum Gasteiger partial charge on any atom is -0.481 e. The van der Waals surface area contributed by atoms with Crippen molar-refractivity contribution < 1.29 is 14.3 Å². The molecule has 1 rings (SSSR count). The molecule has 0 aliphatic carbocycles. The minimum atomic E-state index is -0.882. The standard InChI is InChI=1S/C10H15NO3/c1-6-3-4-9(14-6)7(2)8(11)5-10(12)13/h3-4,7-8H,5,11H2,1-2H3,(H,12,13). The zero-order valence-corrected chi connectivity index (χ0v) is 8.36. The maximum Gasteiger partial charge on any atom is 0.304 e. The predicted molar refractivity (Wildman–Crippen MR) is 52.1 cm³/mol. The number of furan rings is 1. The number of nitrogens with two attached hydrogens (primary N) is 1. The quantitative estimate of drug-likeness (QED) is 0.766. The van der Waals surface area contributed by atoms with Gasteiger partial charge in [0, 0.05) is 12.0 Å². The lowest BCUT2D eigenvalue weighted by atomic mass is 9.97. The van der Waals surface area contributed by atoms with Gasteiger partial charge in [0.15, 0.2) is 0 Å². The van der Waals surface area contributed by atoms with E-state index in [4.69, 9.17) is 15.3 Å². The number of rotatable bonds is 4. The van der Waals surface area contributed by atoms with Crippen LogP contribution in [0.2, 0.25) is 0 Å². The van der Waals surface area contributed by atoms with Crippen molar-refractivity contribution in [2.45, 2.75) is 32.2 Å². The first-order valence-corrected chi connectivity index (χ1v) is 4.54. The predicted octanol–water partition coefficient (Wildman–Crippen LogP) is 1.49. The average Bonchev–Trinajstić information content (AvgIpc) is 2.49. The topological polar surface area (TPSA) is 76.5 Å². The van der Waals surface area contributed by atoms with E-state index in [0.717, 1.165) is 11.5 Å². The fourth-order valence-electron chi connectivity index (χ4n) is 1.29. The van der Waals surface area contributed by atoms with Crippen molar-refractivity contribution in [1.29, 1.82) is 0 Å². The van der Waals surface area contributed by atoms with Gasteiger partial charge in [0.25, 0.3) is 0 Å². The van der Waals surface area contributed by atoms with Gasteiger partial charge in [-0.25, -0.2) is 0 Å². The second-order valence-electron chi connectivity index (χ2n) is 3.50. The highest BCUT2D eigenvalue weighted by Gasteiger charge is 2.20. The van der Waals surface area contributed by atoms with Gasteiger partial charge in [-0.3, -0.25) is 4.79 Å². The number of carboxylic acids is 1. The Kier molecular flexibility index (Phi) is 3.30. The summed E-state index contributed by atoms with van der Waals surface area (Å²) < 4.78 is 5.38. The maximum absolute atomic E-state index is 10.4. The van der Waals surface area contributed by atoms with Crippen LogP contribution in [0.4, 0.5) is 0 Å². The number of carbonyl (C=O) groups is 1. The molecular weight excluding hydrogens is 182 g/mol. The summed E-state index contributed by atoms with van der Waals surface area (Å²) >= 11 is 0. The molecule has 0 bridgehead atoms. The van der Waals surface area contributed by atoms with Crippen LogP contribution >= 0.6 is 0 Å². The largest absolute Gasteiger partial charge is 0.481 e. The van der Waals surface area contributed by atoms with Crippen LogP contribution in [0.1, 0.15) is 30.8 Å². The van der Waals surface area contributed by atoms with Gasteiger partial charge in [-0.1, -0.05) is 6.92 Å². The van der Waals surface area contributed by atoms with Crippen LogP contribution in [0.25, 0.3) is 0 Å². The van der Waals surface area contributed by atoms with Crippen LogP contribution < -0.4 is 5.73 Å². The van der Waals surface area contributed by atoms with Crippen molar-refractivity contribution in [3.63, 3.8) is 0 Å². The first kappa shape index (κ1) is 10.8. The lowest BCUT2D eigenvalue weighted by molar-refractivity contribution is -0.137. The number of hydrogen-bond acceptors (Lipinski definition) is 3. The van der Waals surface area contributed by atoms with E-state index in [1.807, 2.05) is 26.0 Å². The summed E-state index contributed by atoms with van der Waals surface area (Å²) in [5.74, 6) is 0.609. The molecule has 0 saturated carbocycles. The molecule has 1 aromatic rings. The van der Waals surface area contributed by atoms with E-state index in [2.05, 4.69) is 0 Å². The Morgan fingerprint density at radius 3 is 2.71 bits per heavy atom. The summed E-state index contributed by atoms with van der Waals surface area (Å²) in [5.41, 5.74) is 5.72. The normalized spacial score (nSPS) is 15.1. The van der Waals surface area contributed by atoms with E-state index in [9.17, 15) is 4.79 Å². The summed E-state index contributed by atoms with van der Waals surface area (Å²) in [4.78, 5) is 10.4. The molecule has 14 heavy (non-hydrogen) atoms. The number of aryl methyl sites for hydroxylation is 1. The zero-order valence-electron chi connectivity index (χ0n) is 8.36. The first-order chi connectivity index (χ1) is 6.50. The van der Waals surface area contributed by atoms with Gasteiger partial charge in [0.1, 0.15) is 11.5 Å². The van der Waals surface area contributed by atoms with E-state index in [1.54, 1.807) is 0 Å². The highest BCUT2D eigenvalue weighted by Crippen LogP contribution is 2.21. The van der Waals surface area contributed by atoms with E-state index < -0.39 is 12.0 Å². The Morgan fingerprint density at radius 1 is 1.64 bits per heavy atom. The molecule has 0 fully saturated rings. The molecule has 0 spiro atoms. The molecule has 0 amide bonds. The van der Waals surface area contributed by atoms with Crippen LogP contribution in [0.3, 0.4) is 0 Å². The lowest BCUT2D eigenvalue weighted by Crippen LogP contribution is -2.29. The summed E-state index contributed by atoms with van der Waals surface area (Å²) in [5, 5.41) is 8.57. The van der Waals surface area contributed by atoms with Gasteiger partial charge in [0.2, 0.25) is 0 Å². The van der Waals surface area contributed by atoms with Crippen LogP contribution in [-0.2, 0) is 4.79 Å². The Labute approximate surface area is 82.7 Å². The van der Waals surface area contributed by atoms with Gasteiger partial charge in [-0.2, -0.15) is 0 Å². The highest BCUT2D eigenvalue weighted by molar-refractivity contribution is 5.67. The third kappa shape index (κ3) is 2.60. The van der Waals surface area contributed by atoms with Crippen molar-refractivity contribution in [2.75, 3.05) is 0 Å². The van der Waals surface area contributed by atoms with Gasteiger partial charge in [0.05, 0.1) is 6.42 Å². The summed E-state index contributed by atoms with van der Waals surface area (Å²) in [6, 6.07) is 3.28. The molecule has 0 radical (unpaired) electrons. The molecule has 3 N–H and O–H groups in total. The van der Waals surface area contributed by atoms with Crippen molar-refractivity contribution >= 4 is 5.97 Å². The minimum absolute atomic E-state index is 0.0408. The fraction of sp³-hybridized carbons (Fsp3) is 0.500. The molecule has 2 atom stereocenters. The van der Waals surface area contributed by atoms with Crippen LogP contribution in [0.15, 0.2) is 16.5 Å². The Hall–Kier alpha value is -1.29. The zero-order chi connectivity index (χ0) is 10.7. The molecule has 2 unspecified atom stereocenters. The van der Waals surface area contributed by atoms with E-state index in [1.165, 1.54) is 0 Å². The van der Waals surface area contributed by atoms with Gasteiger partial charge in [-0.15, -0.1) is 0 Å². The van der Waals surface area contributed by atoms with Crippen molar-refractivity contribution in [3.8, 4) is 0 Å². The SMILES string of the molecule is Cc1ccc(C(C)C(N)CC(=O)O)o1. The monoisotopic (exact) mass is 197 g/mol. The second-order valence-corrected chi connectivity index (χ2v) is 3.50. The molecule has 4 heteroatoms. The molecule has 0 aromatic carbocycles. The Bertz CT molecular complexity index is 319. The second kappa shape index (κ2) is 4.28. The van der Waals surface area contributed by atoms with Crippen molar-refractivity contribution in [1.82, 2.24) is 0 Å². The molecule has 78 valence electrons.